The first-order valence-corrected chi connectivity index (χ1v) is 13.4. The molecule has 4 nitrogen and oxygen atoms in total. The van der Waals surface area contributed by atoms with Crippen LogP contribution in [0.1, 0.15) is 78.4 Å². The van der Waals surface area contributed by atoms with Crippen molar-refractivity contribution < 1.29 is 0 Å². The Labute approximate surface area is 213 Å². The zero-order valence-electron chi connectivity index (χ0n) is 22.3. The summed E-state index contributed by atoms with van der Waals surface area (Å²) in [6.45, 7) is 12.6. The van der Waals surface area contributed by atoms with Gasteiger partial charge in [0.2, 0.25) is 10.9 Å². The van der Waals surface area contributed by atoms with Crippen molar-refractivity contribution in [3.8, 4) is 0 Å². The van der Waals surface area contributed by atoms with E-state index in [2.05, 4.69) is 57.3 Å². The summed E-state index contributed by atoms with van der Waals surface area (Å²) in [5.74, 6) is 0. The molecule has 2 aliphatic heterocycles. The molecule has 186 valence electrons. The molecule has 0 radical (unpaired) electrons. The molecule has 3 aromatic carbocycles. The van der Waals surface area contributed by atoms with E-state index in [1.165, 1.54) is 11.1 Å². The Hall–Kier alpha value is -3.27. The van der Waals surface area contributed by atoms with Gasteiger partial charge in [-0.2, -0.15) is 0 Å². The van der Waals surface area contributed by atoms with Crippen LogP contribution in [-0.4, -0.2) is 11.8 Å². The van der Waals surface area contributed by atoms with Gasteiger partial charge in [0.25, 0.3) is 0 Å². The average molecular weight is 481 g/mol. The van der Waals surface area contributed by atoms with Crippen molar-refractivity contribution >= 4 is 28.2 Å². The molecule has 0 aliphatic carbocycles. The van der Waals surface area contributed by atoms with Crippen LogP contribution >= 0.6 is 0 Å². The molecular weight excluding hydrogens is 444 g/mol. The summed E-state index contributed by atoms with van der Waals surface area (Å²) in [6.07, 6.45) is 3.59. The van der Waals surface area contributed by atoms with Gasteiger partial charge in [-0.15, -0.1) is 0 Å². The molecule has 0 saturated carbocycles. The molecule has 4 heteroatoms. The smallest absolute Gasteiger partial charge is 0.201 e. The maximum Gasteiger partial charge on any atom is 0.201 e. The molecule has 3 aromatic rings. The summed E-state index contributed by atoms with van der Waals surface area (Å²) in [6, 6.07) is 16.5. The van der Waals surface area contributed by atoms with Gasteiger partial charge in [-0.25, -0.2) is 0 Å². The monoisotopic (exact) mass is 480 g/mol. The molecule has 1 N–H and O–H groups in total. The molecule has 0 aromatic heterocycles. The van der Waals surface area contributed by atoms with Gasteiger partial charge in [-0.1, -0.05) is 64.1 Å². The summed E-state index contributed by atoms with van der Waals surface area (Å²) < 4.78 is 0. The van der Waals surface area contributed by atoms with Gasteiger partial charge < -0.3 is 5.32 Å². The molecule has 36 heavy (non-hydrogen) atoms. The fraction of sp³-hybridized carbons (Fsp3) is 0.406. The molecule has 0 fully saturated rings. The van der Waals surface area contributed by atoms with Gasteiger partial charge >= 0.3 is 0 Å². The van der Waals surface area contributed by atoms with Crippen LogP contribution in [0.2, 0.25) is 0 Å². The van der Waals surface area contributed by atoms with Crippen molar-refractivity contribution in [2.45, 2.75) is 84.1 Å². The van der Waals surface area contributed by atoms with E-state index in [0.29, 0.717) is 10.4 Å². The highest BCUT2D eigenvalue weighted by molar-refractivity contribution is 6.26. The highest BCUT2D eigenvalue weighted by atomic mass is 16.1. The molecule has 0 bridgehead atoms. The topological polar surface area (TPSA) is 58.5 Å². The van der Waals surface area contributed by atoms with E-state index in [0.717, 1.165) is 53.9 Å². The predicted molar refractivity (Wildman–Crippen MR) is 151 cm³/mol. The zero-order chi connectivity index (χ0) is 25.8. The van der Waals surface area contributed by atoms with Crippen molar-refractivity contribution in [2.24, 2.45) is 4.99 Å². The Bertz CT molecular complexity index is 1540. The first-order valence-electron chi connectivity index (χ1n) is 13.4. The summed E-state index contributed by atoms with van der Waals surface area (Å²) in [5, 5.41) is 4.33. The number of para-hydroxylation sites is 2. The van der Waals surface area contributed by atoms with Gasteiger partial charge in [0.1, 0.15) is 0 Å². The zero-order valence-corrected chi connectivity index (χ0v) is 22.3. The fourth-order valence-electron chi connectivity index (χ4n) is 7.15. The van der Waals surface area contributed by atoms with Gasteiger partial charge in [0.15, 0.2) is 0 Å². The second kappa shape index (κ2) is 8.69. The molecule has 2 aliphatic rings. The normalized spacial score (nSPS) is 18.9. The number of rotatable bonds is 6. The SMILES string of the molecule is CCC1(CC)C(C(C)=c2c(=O)c(=C(C)C3Nc4ccccc4C3(CC)CC)c2=O)=Nc2ccccc21. The fourth-order valence-corrected chi connectivity index (χ4v) is 7.15. The van der Waals surface area contributed by atoms with Gasteiger partial charge in [0.05, 0.1) is 27.9 Å². The minimum absolute atomic E-state index is 0.0758. The Morgan fingerprint density at radius 1 is 0.806 bits per heavy atom. The lowest BCUT2D eigenvalue weighted by Gasteiger charge is -2.35. The first kappa shape index (κ1) is 24.4. The van der Waals surface area contributed by atoms with Gasteiger partial charge in [0, 0.05) is 16.5 Å². The average Bonchev–Trinajstić information content (AvgIpc) is 3.42. The number of nitrogens with one attached hydrogen (secondary N) is 1. The molecule has 0 saturated heterocycles. The van der Waals surface area contributed by atoms with Crippen molar-refractivity contribution in [1.29, 1.82) is 0 Å². The van der Waals surface area contributed by atoms with E-state index >= 15 is 0 Å². The van der Waals surface area contributed by atoms with Crippen molar-refractivity contribution in [3.63, 3.8) is 0 Å². The largest absolute Gasteiger partial charge is 0.377 e. The van der Waals surface area contributed by atoms with Crippen LogP contribution in [0, 0.1) is 0 Å². The summed E-state index contributed by atoms with van der Waals surface area (Å²) in [5.41, 5.74) is 6.33. The third kappa shape index (κ3) is 3.03. The van der Waals surface area contributed by atoms with E-state index in [9.17, 15) is 9.59 Å². The Morgan fingerprint density at radius 3 is 2.00 bits per heavy atom. The summed E-state index contributed by atoms with van der Waals surface area (Å²) in [4.78, 5) is 32.3. The summed E-state index contributed by atoms with van der Waals surface area (Å²) in [7, 11) is 0. The minimum Gasteiger partial charge on any atom is -0.377 e. The van der Waals surface area contributed by atoms with Crippen LogP contribution in [0.4, 0.5) is 11.4 Å². The molecule has 0 spiro atoms. The second-order valence-corrected chi connectivity index (χ2v) is 10.5. The maximum atomic E-state index is 13.7. The number of anilines is 1. The van der Waals surface area contributed by atoms with Crippen LogP contribution in [0.15, 0.2) is 63.1 Å². The van der Waals surface area contributed by atoms with Crippen LogP contribution < -0.4 is 26.6 Å². The Kier molecular flexibility index (Phi) is 5.89. The number of hydrogen-bond acceptors (Lipinski definition) is 4. The third-order valence-electron chi connectivity index (χ3n) is 9.36. The number of hydrogen-bond donors (Lipinski definition) is 1. The highest BCUT2D eigenvalue weighted by Gasteiger charge is 2.46. The van der Waals surface area contributed by atoms with E-state index in [4.69, 9.17) is 4.99 Å². The van der Waals surface area contributed by atoms with Crippen molar-refractivity contribution in [3.05, 3.63) is 90.5 Å². The second-order valence-electron chi connectivity index (χ2n) is 10.5. The van der Waals surface area contributed by atoms with Gasteiger partial charge in [-0.05, 0) is 73.9 Å². The highest BCUT2D eigenvalue weighted by Crippen LogP contribution is 2.48. The third-order valence-corrected chi connectivity index (χ3v) is 9.36. The van der Waals surface area contributed by atoms with Crippen molar-refractivity contribution in [2.75, 3.05) is 5.32 Å². The number of benzene rings is 2. The predicted octanol–water partition coefficient (Wildman–Crippen LogP) is 5.02. The molecular formula is C32H36N2O2. The summed E-state index contributed by atoms with van der Waals surface area (Å²) >= 11 is 0. The Morgan fingerprint density at radius 2 is 1.39 bits per heavy atom. The molecule has 5 rings (SSSR count). The number of nitrogens with zero attached hydrogens (tertiary/aromatic N) is 1. The molecule has 2 heterocycles. The van der Waals surface area contributed by atoms with Crippen molar-refractivity contribution in [1.82, 2.24) is 0 Å². The van der Waals surface area contributed by atoms with Crippen LogP contribution in [0.3, 0.4) is 0 Å². The lowest BCUT2D eigenvalue weighted by atomic mass is 9.69. The number of fused-ring (bicyclic) bond motifs is 2. The lowest BCUT2D eigenvalue weighted by Crippen LogP contribution is -2.67. The molecule has 1 atom stereocenters. The molecule has 1 unspecified atom stereocenters. The maximum absolute atomic E-state index is 13.7. The lowest BCUT2D eigenvalue weighted by molar-refractivity contribution is 0.395. The standard InChI is InChI=1S/C32H36N2O2/c1-7-31(8-2)21-15-11-13-17-23(21)33-29(31)19(5)25-27(35)26(28(25)36)20(6)30-32(9-3,10-4)22-16-12-14-18-24(22)34-30/h11-18,29,33H,7-10H2,1-6H3. The van der Waals surface area contributed by atoms with Crippen LogP contribution in [0.5, 0.6) is 0 Å². The number of aliphatic imine (C=N–C) groups is 1. The van der Waals surface area contributed by atoms with E-state index in [1.807, 2.05) is 38.1 Å². The van der Waals surface area contributed by atoms with E-state index in [1.54, 1.807) is 0 Å². The van der Waals surface area contributed by atoms with E-state index in [-0.39, 0.29) is 27.7 Å². The minimum atomic E-state index is -0.267. The van der Waals surface area contributed by atoms with E-state index < -0.39 is 0 Å². The molecule has 0 amide bonds. The quantitative estimate of drug-likeness (QED) is 0.539. The first-order chi connectivity index (χ1) is 17.3. The Balaban J connectivity index is 1.69. The van der Waals surface area contributed by atoms with Crippen LogP contribution in [0.25, 0.3) is 11.1 Å². The van der Waals surface area contributed by atoms with Crippen LogP contribution in [-0.2, 0) is 10.8 Å². The van der Waals surface area contributed by atoms with Gasteiger partial charge in [-0.3, -0.25) is 14.6 Å².